The van der Waals surface area contributed by atoms with Crippen molar-refractivity contribution in [3.8, 4) is 0 Å². The summed E-state index contributed by atoms with van der Waals surface area (Å²) in [7, 11) is 4.18. The van der Waals surface area contributed by atoms with Gasteiger partial charge >= 0.3 is 0 Å². The Balaban J connectivity index is 1.71. The van der Waals surface area contributed by atoms with Crippen molar-refractivity contribution in [1.29, 1.82) is 0 Å². The monoisotopic (exact) mass is 344 g/mol. The van der Waals surface area contributed by atoms with Crippen LogP contribution < -0.4 is 5.32 Å². The molecule has 1 saturated heterocycles. The third-order valence-electron chi connectivity index (χ3n) is 5.18. The van der Waals surface area contributed by atoms with Crippen LogP contribution in [0.1, 0.15) is 60.4 Å². The number of hydrogen-bond acceptors (Lipinski definition) is 4. The van der Waals surface area contributed by atoms with E-state index >= 15 is 0 Å². The molecule has 3 rings (SSSR count). The summed E-state index contributed by atoms with van der Waals surface area (Å²) in [6, 6.07) is 0.274. The van der Waals surface area contributed by atoms with Crippen LogP contribution in [0.25, 0.3) is 0 Å². The van der Waals surface area contributed by atoms with Gasteiger partial charge in [-0.25, -0.2) is 4.98 Å². The quantitative estimate of drug-likeness (QED) is 0.870. The molecule has 1 aliphatic rings. The van der Waals surface area contributed by atoms with Gasteiger partial charge in [0.25, 0.3) is 5.91 Å². The Morgan fingerprint density at radius 1 is 1.40 bits per heavy atom. The molecular weight excluding hydrogens is 316 g/mol. The van der Waals surface area contributed by atoms with Crippen LogP contribution in [0.5, 0.6) is 0 Å². The molecule has 2 aromatic heterocycles. The standard InChI is InChI=1S/C18H28N6O/c1-12(2)16-14(9-21-22-16)18(25)20-8-13-6-5-7-23(3)17(13)15-10-19-11-24(15)4/h9-13,17H,5-8H2,1-4H3,(H,20,25)(H,21,22)/t13-,17+/m0/s1. The van der Waals surface area contributed by atoms with E-state index in [0.717, 1.165) is 25.1 Å². The number of nitrogens with one attached hydrogen (secondary N) is 2. The minimum atomic E-state index is -0.0468. The maximum Gasteiger partial charge on any atom is 0.254 e. The summed E-state index contributed by atoms with van der Waals surface area (Å²) in [6.45, 7) is 5.83. The number of aromatic nitrogens is 4. The molecule has 136 valence electrons. The van der Waals surface area contributed by atoms with E-state index in [4.69, 9.17) is 0 Å². The predicted molar refractivity (Wildman–Crippen MR) is 96.3 cm³/mol. The highest BCUT2D eigenvalue weighted by atomic mass is 16.1. The summed E-state index contributed by atoms with van der Waals surface area (Å²) in [6.07, 6.45) is 7.65. The summed E-state index contributed by atoms with van der Waals surface area (Å²) < 4.78 is 2.08. The topological polar surface area (TPSA) is 78.8 Å². The van der Waals surface area contributed by atoms with Gasteiger partial charge in [0, 0.05) is 19.8 Å². The van der Waals surface area contributed by atoms with E-state index in [9.17, 15) is 4.79 Å². The zero-order valence-electron chi connectivity index (χ0n) is 15.5. The number of amides is 1. The Hall–Kier alpha value is -2.15. The predicted octanol–water partition coefficient (Wildman–Crippen LogP) is 2.08. The maximum atomic E-state index is 12.6. The van der Waals surface area contributed by atoms with E-state index in [1.54, 1.807) is 6.20 Å². The van der Waals surface area contributed by atoms with Gasteiger partial charge in [0.15, 0.2) is 0 Å². The molecule has 2 atom stereocenters. The first-order chi connectivity index (χ1) is 12.0. The number of likely N-dealkylation sites (tertiary alicyclic amines) is 1. The largest absolute Gasteiger partial charge is 0.352 e. The summed E-state index contributed by atoms with van der Waals surface area (Å²) in [5.41, 5.74) is 2.74. The van der Waals surface area contributed by atoms with E-state index in [-0.39, 0.29) is 17.9 Å². The molecule has 0 bridgehead atoms. The van der Waals surface area contributed by atoms with Gasteiger partial charge in [0.1, 0.15) is 0 Å². The number of piperidine rings is 1. The van der Waals surface area contributed by atoms with Crippen molar-refractivity contribution in [3.05, 3.63) is 35.7 Å². The molecule has 0 aliphatic carbocycles. The molecule has 0 radical (unpaired) electrons. The average Bonchev–Trinajstić information content (AvgIpc) is 3.22. The van der Waals surface area contributed by atoms with Crippen molar-refractivity contribution in [2.75, 3.05) is 20.1 Å². The van der Waals surface area contributed by atoms with Gasteiger partial charge in [-0.05, 0) is 38.3 Å². The minimum absolute atomic E-state index is 0.0468. The highest BCUT2D eigenvalue weighted by molar-refractivity contribution is 5.95. The molecule has 1 fully saturated rings. The molecule has 2 aromatic rings. The van der Waals surface area contributed by atoms with Gasteiger partial charge in [-0.3, -0.25) is 14.8 Å². The number of carbonyl (C=O) groups excluding carboxylic acids is 1. The number of rotatable bonds is 5. The fraction of sp³-hybridized carbons (Fsp3) is 0.611. The summed E-state index contributed by atoms with van der Waals surface area (Å²) in [4.78, 5) is 19.3. The molecule has 1 amide bonds. The molecule has 3 heterocycles. The fourth-order valence-corrected chi connectivity index (χ4v) is 3.83. The molecule has 0 saturated carbocycles. The highest BCUT2D eigenvalue weighted by Crippen LogP contribution is 2.34. The third kappa shape index (κ3) is 3.61. The van der Waals surface area contributed by atoms with Crippen LogP contribution in [-0.4, -0.2) is 50.7 Å². The second-order valence-corrected chi connectivity index (χ2v) is 7.32. The number of H-pyrrole nitrogens is 1. The van der Waals surface area contributed by atoms with Crippen LogP contribution >= 0.6 is 0 Å². The fourth-order valence-electron chi connectivity index (χ4n) is 3.83. The van der Waals surface area contributed by atoms with Crippen LogP contribution in [-0.2, 0) is 7.05 Å². The lowest BCUT2D eigenvalue weighted by molar-refractivity contribution is 0.0881. The summed E-state index contributed by atoms with van der Waals surface area (Å²) >= 11 is 0. The second-order valence-electron chi connectivity index (χ2n) is 7.32. The number of aryl methyl sites for hydroxylation is 1. The van der Waals surface area contributed by atoms with Gasteiger partial charge in [0.2, 0.25) is 0 Å². The van der Waals surface area contributed by atoms with Crippen LogP contribution in [0.3, 0.4) is 0 Å². The molecular formula is C18H28N6O. The van der Waals surface area contributed by atoms with Crippen LogP contribution in [0.2, 0.25) is 0 Å². The van der Waals surface area contributed by atoms with E-state index in [1.165, 1.54) is 5.69 Å². The van der Waals surface area contributed by atoms with Crippen LogP contribution in [0, 0.1) is 5.92 Å². The van der Waals surface area contributed by atoms with Gasteiger partial charge in [0.05, 0.1) is 35.5 Å². The second kappa shape index (κ2) is 7.39. The summed E-state index contributed by atoms with van der Waals surface area (Å²) in [5, 5.41) is 10.1. The first-order valence-corrected chi connectivity index (χ1v) is 8.97. The molecule has 0 unspecified atom stereocenters. The van der Waals surface area contributed by atoms with E-state index in [2.05, 4.69) is 50.9 Å². The van der Waals surface area contributed by atoms with Crippen molar-refractivity contribution < 1.29 is 4.79 Å². The first kappa shape index (κ1) is 17.7. The normalized spacial score (nSPS) is 21.6. The molecule has 2 N–H and O–H groups in total. The van der Waals surface area contributed by atoms with Crippen LogP contribution in [0.4, 0.5) is 0 Å². The van der Waals surface area contributed by atoms with E-state index < -0.39 is 0 Å². The third-order valence-corrected chi connectivity index (χ3v) is 5.18. The first-order valence-electron chi connectivity index (χ1n) is 8.97. The number of imidazole rings is 1. The number of nitrogens with zero attached hydrogens (tertiary/aromatic N) is 4. The van der Waals surface area contributed by atoms with Gasteiger partial charge in [-0.2, -0.15) is 5.10 Å². The average molecular weight is 344 g/mol. The van der Waals surface area contributed by atoms with Crippen molar-refractivity contribution >= 4 is 5.91 Å². The van der Waals surface area contributed by atoms with Crippen molar-refractivity contribution in [2.45, 2.75) is 38.6 Å². The zero-order chi connectivity index (χ0) is 18.0. The number of hydrogen-bond donors (Lipinski definition) is 2. The van der Waals surface area contributed by atoms with Gasteiger partial charge in [-0.15, -0.1) is 0 Å². The Morgan fingerprint density at radius 3 is 2.88 bits per heavy atom. The molecule has 7 nitrogen and oxygen atoms in total. The lowest BCUT2D eigenvalue weighted by Crippen LogP contribution is -2.42. The Labute approximate surface area is 148 Å². The number of aromatic amines is 1. The van der Waals surface area contributed by atoms with Gasteiger partial charge in [-0.1, -0.05) is 13.8 Å². The number of carbonyl (C=O) groups is 1. The molecule has 7 heteroatoms. The smallest absolute Gasteiger partial charge is 0.254 e. The SMILES string of the molecule is CC(C)c1[nH]ncc1C(=O)NC[C@@H]1CCCN(C)[C@H]1c1cncn1C. The van der Waals surface area contributed by atoms with E-state index in [0.29, 0.717) is 18.0 Å². The lowest BCUT2D eigenvalue weighted by Gasteiger charge is -2.39. The Bertz CT molecular complexity index is 719. The molecule has 0 spiro atoms. The highest BCUT2D eigenvalue weighted by Gasteiger charge is 2.32. The zero-order valence-corrected chi connectivity index (χ0v) is 15.5. The van der Waals surface area contributed by atoms with Gasteiger partial charge < -0.3 is 9.88 Å². The molecule has 1 aliphatic heterocycles. The van der Waals surface area contributed by atoms with Crippen molar-refractivity contribution in [3.63, 3.8) is 0 Å². The Kier molecular flexibility index (Phi) is 5.22. The summed E-state index contributed by atoms with van der Waals surface area (Å²) in [5.74, 6) is 0.563. The maximum absolute atomic E-state index is 12.6. The van der Waals surface area contributed by atoms with Crippen molar-refractivity contribution in [2.24, 2.45) is 13.0 Å². The molecule has 25 heavy (non-hydrogen) atoms. The molecule has 0 aromatic carbocycles. The van der Waals surface area contributed by atoms with Crippen LogP contribution in [0.15, 0.2) is 18.7 Å². The lowest BCUT2D eigenvalue weighted by atomic mass is 9.87. The minimum Gasteiger partial charge on any atom is -0.352 e. The van der Waals surface area contributed by atoms with Crippen molar-refractivity contribution in [1.82, 2.24) is 30.0 Å². The van der Waals surface area contributed by atoms with E-state index in [1.807, 2.05) is 19.6 Å². The Morgan fingerprint density at radius 2 is 2.20 bits per heavy atom.